The molecule has 2 amide bonds. The van der Waals surface area contributed by atoms with Crippen molar-refractivity contribution in [3.05, 3.63) is 35.9 Å². The summed E-state index contributed by atoms with van der Waals surface area (Å²) >= 11 is 0. The summed E-state index contributed by atoms with van der Waals surface area (Å²) in [7, 11) is 0. The highest BCUT2D eigenvalue weighted by Gasteiger charge is 2.35. The van der Waals surface area contributed by atoms with E-state index in [4.69, 9.17) is 0 Å². The number of amides is 2. The highest BCUT2D eigenvalue weighted by Crippen LogP contribution is 2.37. The van der Waals surface area contributed by atoms with Crippen molar-refractivity contribution in [3.8, 4) is 0 Å². The second-order valence-electron chi connectivity index (χ2n) is 5.61. The average Bonchev–Trinajstić information content (AvgIpc) is 2.50. The molecule has 0 saturated heterocycles. The van der Waals surface area contributed by atoms with Crippen LogP contribution in [0.5, 0.6) is 0 Å². The van der Waals surface area contributed by atoms with Gasteiger partial charge in [0.25, 0.3) is 0 Å². The van der Waals surface area contributed by atoms with E-state index in [-0.39, 0.29) is 11.6 Å². The van der Waals surface area contributed by atoms with Crippen LogP contribution in [0, 0.1) is 0 Å². The largest absolute Gasteiger partial charge is 0.328 e. The smallest absolute Gasteiger partial charge is 0.318 e. The number of carbonyl (C=O) groups excluding carboxylic acids is 1. The molecule has 1 aliphatic carbocycles. The minimum atomic E-state index is -0.167. The third-order valence-electron chi connectivity index (χ3n) is 4.43. The normalized spacial score (nSPS) is 17.5. The molecule has 0 unspecified atom stereocenters. The molecule has 0 aromatic heterocycles. The van der Waals surface area contributed by atoms with Crippen LogP contribution >= 0.6 is 0 Å². The van der Waals surface area contributed by atoms with Gasteiger partial charge in [0.15, 0.2) is 0 Å². The van der Waals surface area contributed by atoms with Gasteiger partial charge in [-0.2, -0.15) is 0 Å². The van der Waals surface area contributed by atoms with E-state index >= 15 is 0 Å². The third kappa shape index (κ3) is 3.14. The highest BCUT2D eigenvalue weighted by atomic mass is 16.2. The fourth-order valence-corrected chi connectivity index (χ4v) is 3.19. The van der Waals surface area contributed by atoms with E-state index in [1.807, 2.05) is 24.8 Å². The van der Waals surface area contributed by atoms with Gasteiger partial charge in [-0.15, -0.1) is 0 Å². The van der Waals surface area contributed by atoms with Crippen molar-refractivity contribution in [3.63, 3.8) is 0 Å². The lowest BCUT2D eigenvalue weighted by atomic mass is 9.76. The van der Waals surface area contributed by atoms with E-state index < -0.39 is 0 Å². The molecular formula is C17H26N2O. The Labute approximate surface area is 122 Å². The number of nitrogens with zero attached hydrogens (tertiary/aromatic N) is 1. The molecule has 20 heavy (non-hydrogen) atoms. The molecule has 0 radical (unpaired) electrons. The predicted molar refractivity (Wildman–Crippen MR) is 82.7 cm³/mol. The van der Waals surface area contributed by atoms with Gasteiger partial charge in [0.1, 0.15) is 0 Å². The first-order valence-electron chi connectivity index (χ1n) is 7.84. The van der Waals surface area contributed by atoms with E-state index in [9.17, 15) is 4.79 Å². The van der Waals surface area contributed by atoms with Crippen molar-refractivity contribution in [1.29, 1.82) is 0 Å². The van der Waals surface area contributed by atoms with Gasteiger partial charge in [-0.1, -0.05) is 49.6 Å². The molecule has 1 N–H and O–H groups in total. The van der Waals surface area contributed by atoms with E-state index in [0.717, 1.165) is 25.9 Å². The van der Waals surface area contributed by atoms with Crippen molar-refractivity contribution in [2.45, 2.75) is 51.5 Å². The van der Waals surface area contributed by atoms with E-state index in [2.05, 4.69) is 29.6 Å². The Morgan fingerprint density at radius 2 is 1.70 bits per heavy atom. The standard InChI is InChI=1S/C17H26N2O/c1-3-19(4-2)16(20)18-17(13-9-6-10-14-17)15-11-7-5-8-12-15/h5,7-8,11-12H,3-4,6,9-10,13-14H2,1-2H3,(H,18,20). The summed E-state index contributed by atoms with van der Waals surface area (Å²) in [5.41, 5.74) is 1.08. The lowest BCUT2D eigenvalue weighted by molar-refractivity contribution is 0.171. The van der Waals surface area contributed by atoms with E-state index in [1.165, 1.54) is 24.8 Å². The first-order chi connectivity index (χ1) is 9.72. The summed E-state index contributed by atoms with van der Waals surface area (Å²) in [5.74, 6) is 0. The number of rotatable bonds is 4. The molecule has 1 aromatic rings. The molecule has 1 aliphatic rings. The number of nitrogens with one attached hydrogen (secondary N) is 1. The van der Waals surface area contributed by atoms with Crippen LogP contribution in [-0.4, -0.2) is 24.0 Å². The van der Waals surface area contributed by atoms with Gasteiger partial charge in [0.2, 0.25) is 0 Å². The fraction of sp³-hybridized carbons (Fsp3) is 0.588. The van der Waals surface area contributed by atoms with Gasteiger partial charge in [0.05, 0.1) is 5.54 Å². The van der Waals surface area contributed by atoms with Crippen LogP contribution < -0.4 is 5.32 Å². The maximum absolute atomic E-state index is 12.5. The second kappa shape index (κ2) is 6.78. The molecule has 3 nitrogen and oxygen atoms in total. The van der Waals surface area contributed by atoms with Gasteiger partial charge < -0.3 is 10.2 Å². The average molecular weight is 274 g/mol. The molecule has 110 valence electrons. The van der Waals surface area contributed by atoms with Crippen molar-refractivity contribution >= 4 is 6.03 Å². The van der Waals surface area contributed by atoms with E-state index in [0.29, 0.717) is 0 Å². The molecule has 2 rings (SSSR count). The van der Waals surface area contributed by atoms with Crippen molar-refractivity contribution in [2.75, 3.05) is 13.1 Å². The Morgan fingerprint density at radius 1 is 1.10 bits per heavy atom. The maximum Gasteiger partial charge on any atom is 0.318 e. The zero-order valence-corrected chi connectivity index (χ0v) is 12.7. The van der Waals surface area contributed by atoms with Crippen molar-refractivity contribution in [2.24, 2.45) is 0 Å². The number of hydrogen-bond acceptors (Lipinski definition) is 1. The molecule has 0 heterocycles. The Balaban J connectivity index is 2.22. The number of benzene rings is 1. The lowest BCUT2D eigenvalue weighted by Crippen LogP contribution is -2.52. The number of urea groups is 1. The molecule has 0 aliphatic heterocycles. The SMILES string of the molecule is CCN(CC)C(=O)NC1(c2ccccc2)CCCCC1. The first kappa shape index (κ1) is 14.9. The minimum absolute atomic E-state index is 0.0701. The maximum atomic E-state index is 12.5. The van der Waals surface area contributed by atoms with Crippen LogP contribution in [0.15, 0.2) is 30.3 Å². The van der Waals surface area contributed by atoms with Gasteiger partial charge in [-0.25, -0.2) is 4.79 Å². The minimum Gasteiger partial charge on any atom is -0.328 e. The lowest BCUT2D eigenvalue weighted by Gasteiger charge is -2.40. The Morgan fingerprint density at radius 3 is 2.25 bits per heavy atom. The highest BCUT2D eigenvalue weighted by molar-refractivity contribution is 5.75. The van der Waals surface area contributed by atoms with Crippen LogP contribution in [0.4, 0.5) is 4.79 Å². The van der Waals surface area contributed by atoms with Crippen molar-refractivity contribution in [1.82, 2.24) is 10.2 Å². The zero-order valence-electron chi connectivity index (χ0n) is 12.7. The molecule has 0 bridgehead atoms. The first-order valence-corrected chi connectivity index (χ1v) is 7.84. The van der Waals surface area contributed by atoms with Gasteiger partial charge in [-0.05, 0) is 32.3 Å². The predicted octanol–water partition coefficient (Wildman–Crippen LogP) is 3.90. The molecule has 1 aromatic carbocycles. The topological polar surface area (TPSA) is 32.3 Å². The molecule has 0 spiro atoms. The fourth-order valence-electron chi connectivity index (χ4n) is 3.19. The van der Waals surface area contributed by atoms with Crippen molar-refractivity contribution < 1.29 is 4.79 Å². The summed E-state index contributed by atoms with van der Waals surface area (Å²) in [4.78, 5) is 14.3. The van der Waals surface area contributed by atoms with Crippen LogP contribution in [-0.2, 0) is 5.54 Å². The summed E-state index contributed by atoms with van der Waals surface area (Å²) in [6, 6.07) is 10.5. The summed E-state index contributed by atoms with van der Waals surface area (Å²) in [5, 5.41) is 3.34. The van der Waals surface area contributed by atoms with Crippen LogP contribution in [0.2, 0.25) is 0 Å². The molecular weight excluding hydrogens is 248 g/mol. The molecule has 3 heteroatoms. The number of carbonyl (C=O) groups is 1. The third-order valence-corrected chi connectivity index (χ3v) is 4.43. The Hall–Kier alpha value is -1.51. The monoisotopic (exact) mass is 274 g/mol. The molecule has 0 atom stereocenters. The number of hydrogen-bond donors (Lipinski definition) is 1. The van der Waals surface area contributed by atoms with Crippen LogP contribution in [0.1, 0.15) is 51.5 Å². The van der Waals surface area contributed by atoms with Gasteiger partial charge >= 0.3 is 6.03 Å². The summed E-state index contributed by atoms with van der Waals surface area (Å²) in [6.07, 6.45) is 5.74. The summed E-state index contributed by atoms with van der Waals surface area (Å²) < 4.78 is 0. The zero-order chi connectivity index (χ0) is 14.4. The van der Waals surface area contributed by atoms with Crippen LogP contribution in [0.25, 0.3) is 0 Å². The Kier molecular flexibility index (Phi) is 5.05. The van der Waals surface area contributed by atoms with E-state index in [1.54, 1.807) is 0 Å². The molecule has 1 saturated carbocycles. The summed E-state index contributed by atoms with van der Waals surface area (Å²) in [6.45, 7) is 5.57. The second-order valence-corrected chi connectivity index (χ2v) is 5.61. The van der Waals surface area contributed by atoms with Gasteiger partial charge in [-0.3, -0.25) is 0 Å². The Bertz CT molecular complexity index is 420. The van der Waals surface area contributed by atoms with Crippen LogP contribution in [0.3, 0.4) is 0 Å². The quantitative estimate of drug-likeness (QED) is 0.887. The van der Waals surface area contributed by atoms with Gasteiger partial charge in [0, 0.05) is 13.1 Å². The molecule has 1 fully saturated rings.